The monoisotopic (exact) mass is 280 g/mol. The van der Waals surface area contributed by atoms with Crippen LogP contribution < -0.4 is 0 Å². The van der Waals surface area contributed by atoms with Crippen molar-refractivity contribution in [2.45, 2.75) is 20.3 Å². The standard InChI is InChI=1S/C14H16O6/c1-4-8-10(15)6-5-9(12(17)18)14(8,13(19)20)11(16)7(2)3/h5-6,9,15H,2,4H2,1,3H3,(H,17,18)(H,19,20). The predicted octanol–water partition coefficient (Wildman–Crippen LogP) is 1.70. The molecule has 0 aromatic rings. The Labute approximate surface area is 115 Å². The molecule has 6 heteroatoms. The van der Waals surface area contributed by atoms with Gasteiger partial charge in [0, 0.05) is 0 Å². The molecule has 0 bridgehead atoms. The molecular weight excluding hydrogens is 264 g/mol. The molecule has 2 unspecified atom stereocenters. The minimum absolute atomic E-state index is 0.0330. The molecule has 0 fully saturated rings. The highest BCUT2D eigenvalue weighted by Gasteiger charge is 2.58. The molecule has 108 valence electrons. The van der Waals surface area contributed by atoms with Crippen molar-refractivity contribution in [3.8, 4) is 0 Å². The van der Waals surface area contributed by atoms with Crippen LogP contribution >= 0.6 is 0 Å². The van der Waals surface area contributed by atoms with E-state index in [-0.39, 0.29) is 23.3 Å². The first-order valence-corrected chi connectivity index (χ1v) is 5.98. The average molecular weight is 280 g/mol. The van der Waals surface area contributed by atoms with Crippen molar-refractivity contribution in [3.63, 3.8) is 0 Å². The van der Waals surface area contributed by atoms with Crippen LogP contribution in [0.4, 0.5) is 0 Å². The SMILES string of the molecule is C=C(C)C(=O)C1(C(=O)O)C(CC)=C(O)C=CC1C(=O)O. The average Bonchev–Trinajstić information content (AvgIpc) is 2.36. The van der Waals surface area contributed by atoms with E-state index in [1.807, 2.05) is 0 Å². The molecule has 0 aromatic heterocycles. The van der Waals surface area contributed by atoms with Crippen LogP contribution in [0.5, 0.6) is 0 Å². The van der Waals surface area contributed by atoms with Crippen LogP contribution in [-0.2, 0) is 14.4 Å². The summed E-state index contributed by atoms with van der Waals surface area (Å²) < 4.78 is 0. The van der Waals surface area contributed by atoms with Gasteiger partial charge in [-0.1, -0.05) is 19.6 Å². The zero-order valence-corrected chi connectivity index (χ0v) is 11.2. The molecule has 0 spiro atoms. The fourth-order valence-corrected chi connectivity index (χ4v) is 2.52. The number of Topliss-reactive ketones (excluding diaryl/α,β-unsaturated/α-hetero) is 1. The highest BCUT2D eigenvalue weighted by atomic mass is 16.4. The van der Waals surface area contributed by atoms with Gasteiger partial charge in [0.1, 0.15) is 11.7 Å². The van der Waals surface area contributed by atoms with Crippen molar-refractivity contribution in [2.24, 2.45) is 11.3 Å². The van der Waals surface area contributed by atoms with Gasteiger partial charge in [0.2, 0.25) is 0 Å². The number of allylic oxidation sites excluding steroid dienone is 2. The summed E-state index contributed by atoms with van der Waals surface area (Å²) in [5, 5.41) is 28.6. The molecule has 6 nitrogen and oxygen atoms in total. The van der Waals surface area contributed by atoms with Gasteiger partial charge in [-0.3, -0.25) is 14.4 Å². The number of aliphatic carboxylic acids is 2. The number of aliphatic hydroxyl groups excluding tert-OH is 1. The number of carboxylic acids is 2. The van der Waals surface area contributed by atoms with Gasteiger partial charge in [0.05, 0.1) is 0 Å². The first kappa shape index (κ1) is 15.7. The third kappa shape index (κ3) is 2.03. The van der Waals surface area contributed by atoms with Crippen molar-refractivity contribution in [2.75, 3.05) is 0 Å². The lowest BCUT2D eigenvalue weighted by Gasteiger charge is -2.36. The van der Waals surface area contributed by atoms with Crippen molar-refractivity contribution < 1.29 is 29.7 Å². The van der Waals surface area contributed by atoms with Gasteiger partial charge in [-0.15, -0.1) is 0 Å². The van der Waals surface area contributed by atoms with E-state index in [2.05, 4.69) is 6.58 Å². The molecule has 0 aromatic carbocycles. The van der Waals surface area contributed by atoms with Gasteiger partial charge in [0.15, 0.2) is 11.2 Å². The summed E-state index contributed by atoms with van der Waals surface area (Å²) in [6, 6.07) is 0. The Kier molecular flexibility index (Phi) is 4.17. The third-order valence-electron chi connectivity index (χ3n) is 3.40. The Morgan fingerprint density at radius 2 is 1.90 bits per heavy atom. The summed E-state index contributed by atoms with van der Waals surface area (Å²) in [7, 11) is 0. The number of aliphatic hydroxyl groups is 1. The minimum atomic E-state index is -2.34. The first-order chi connectivity index (χ1) is 9.21. The molecule has 2 atom stereocenters. The highest BCUT2D eigenvalue weighted by Crippen LogP contribution is 2.45. The molecule has 1 rings (SSSR count). The molecule has 0 amide bonds. The lowest BCUT2D eigenvalue weighted by molar-refractivity contribution is -0.161. The van der Waals surface area contributed by atoms with Crippen molar-refractivity contribution in [1.29, 1.82) is 0 Å². The molecule has 0 aliphatic heterocycles. The second-order valence-corrected chi connectivity index (χ2v) is 4.61. The number of ketones is 1. The van der Waals surface area contributed by atoms with Crippen LogP contribution in [0.2, 0.25) is 0 Å². The Bertz CT molecular complexity index is 554. The van der Waals surface area contributed by atoms with Gasteiger partial charge in [0.25, 0.3) is 0 Å². The molecule has 20 heavy (non-hydrogen) atoms. The number of carboxylic acid groups (broad SMARTS) is 2. The molecule has 0 radical (unpaired) electrons. The Morgan fingerprint density at radius 3 is 2.25 bits per heavy atom. The lowest BCUT2D eigenvalue weighted by atomic mass is 9.62. The van der Waals surface area contributed by atoms with Crippen LogP contribution in [0.15, 0.2) is 35.6 Å². The molecule has 1 aliphatic rings. The number of hydrogen-bond acceptors (Lipinski definition) is 4. The second kappa shape index (κ2) is 5.32. The van der Waals surface area contributed by atoms with Crippen LogP contribution in [0.3, 0.4) is 0 Å². The summed E-state index contributed by atoms with van der Waals surface area (Å²) in [6.45, 7) is 6.27. The fraction of sp³-hybridized carbons (Fsp3) is 0.357. The molecule has 0 saturated carbocycles. The number of carbonyl (C=O) groups is 3. The van der Waals surface area contributed by atoms with E-state index >= 15 is 0 Å². The largest absolute Gasteiger partial charge is 0.508 e. The van der Waals surface area contributed by atoms with Gasteiger partial charge in [-0.2, -0.15) is 0 Å². The zero-order valence-electron chi connectivity index (χ0n) is 11.2. The molecular formula is C14H16O6. The van der Waals surface area contributed by atoms with E-state index in [0.29, 0.717) is 0 Å². The minimum Gasteiger partial charge on any atom is -0.508 e. The number of hydrogen-bond donors (Lipinski definition) is 3. The van der Waals surface area contributed by atoms with E-state index in [0.717, 1.165) is 12.2 Å². The van der Waals surface area contributed by atoms with Gasteiger partial charge < -0.3 is 15.3 Å². The van der Waals surface area contributed by atoms with Crippen molar-refractivity contribution >= 4 is 17.7 Å². The zero-order chi connectivity index (χ0) is 15.7. The second-order valence-electron chi connectivity index (χ2n) is 4.61. The van der Waals surface area contributed by atoms with Crippen LogP contribution in [-0.4, -0.2) is 33.0 Å². The van der Waals surface area contributed by atoms with E-state index in [4.69, 9.17) is 0 Å². The summed E-state index contributed by atoms with van der Waals surface area (Å²) >= 11 is 0. The van der Waals surface area contributed by atoms with Gasteiger partial charge in [-0.05, 0) is 30.6 Å². The van der Waals surface area contributed by atoms with Crippen LogP contribution in [0, 0.1) is 11.3 Å². The van der Waals surface area contributed by atoms with E-state index < -0.39 is 29.1 Å². The quantitative estimate of drug-likeness (QED) is 0.522. The first-order valence-electron chi connectivity index (χ1n) is 5.98. The van der Waals surface area contributed by atoms with Gasteiger partial charge >= 0.3 is 11.9 Å². The lowest BCUT2D eigenvalue weighted by Crippen LogP contribution is -2.51. The normalized spacial score (nSPS) is 25.4. The Morgan fingerprint density at radius 1 is 1.35 bits per heavy atom. The van der Waals surface area contributed by atoms with E-state index in [9.17, 15) is 29.7 Å². The smallest absolute Gasteiger partial charge is 0.323 e. The Balaban J connectivity index is 3.75. The highest BCUT2D eigenvalue weighted by molar-refractivity contribution is 6.16. The van der Waals surface area contributed by atoms with Crippen molar-refractivity contribution in [1.82, 2.24) is 0 Å². The molecule has 0 heterocycles. The Hall–Kier alpha value is -2.37. The summed E-state index contributed by atoms with van der Waals surface area (Å²) in [5.74, 6) is -5.94. The third-order valence-corrected chi connectivity index (χ3v) is 3.40. The summed E-state index contributed by atoms with van der Waals surface area (Å²) in [4.78, 5) is 35.5. The maximum atomic E-state index is 12.4. The number of rotatable bonds is 5. The molecule has 1 aliphatic carbocycles. The van der Waals surface area contributed by atoms with Crippen LogP contribution in [0.1, 0.15) is 20.3 Å². The predicted molar refractivity (Wildman–Crippen MR) is 70.1 cm³/mol. The maximum Gasteiger partial charge on any atom is 0.323 e. The fourth-order valence-electron chi connectivity index (χ4n) is 2.52. The van der Waals surface area contributed by atoms with Crippen molar-refractivity contribution in [3.05, 3.63) is 35.6 Å². The topological polar surface area (TPSA) is 112 Å². The van der Waals surface area contributed by atoms with Gasteiger partial charge in [-0.25, -0.2) is 0 Å². The summed E-state index contributed by atoms with van der Waals surface area (Å²) in [5.41, 5.74) is -2.54. The van der Waals surface area contributed by atoms with E-state index in [1.165, 1.54) is 6.92 Å². The summed E-state index contributed by atoms with van der Waals surface area (Å²) in [6.07, 6.45) is 2.17. The maximum absolute atomic E-state index is 12.4. The van der Waals surface area contributed by atoms with E-state index in [1.54, 1.807) is 6.92 Å². The van der Waals surface area contributed by atoms with Crippen LogP contribution in [0.25, 0.3) is 0 Å². The molecule has 3 N–H and O–H groups in total. The molecule has 0 saturated heterocycles. The number of carbonyl (C=O) groups excluding carboxylic acids is 1.